The average Bonchev–Trinajstić information content (AvgIpc) is 3.33. The van der Waals surface area contributed by atoms with Crippen LogP contribution >= 0.6 is 0 Å². The van der Waals surface area contributed by atoms with Gasteiger partial charge in [0.15, 0.2) is 9.84 Å². The number of likely N-dealkylation sites (tertiary alicyclic amines) is 1. The number of benzene rings is 2. The first-order chi connectivity index (χ1) is 19.1. The number of nitrogens with zero attached hydrogens (tertiary/aromatic N) is 1. The Morgan fingerprint density at radius 2 is 1.59 bits per heavy atom. The molecule has 2 unspecified atom stereocenters. The molecule has 14 heteroatoms. The zero-order chi connectivity index (χ0) is 30.0. The fourth-order valence-electron chi connectivity index (χ4n) is 6.57. The summed E-state index contributed by atoms with van der Waals surface area (Å²) in [4.78, 5) is 14.5. The second-order valence-electron chi connectivity index (χ2n) is 10.8. The van der Waals surface area contributed by atoms with E-state index in [9.17, 15) is 48.3 Å². The standard InChI is InChI=1S/C27H26F8N2O3S/c28-18-7-4-8-19(14-18)41(39,40)24-11-12-37(23(38)16-5-2-1-3-6-16)22(24)15-36-21-13-17(9-10-20(21)24)25(29,26(30,31)32)27(33,34)35/h4,7-10,13-14,16,22,36H,1-3,5-6,11-12,15H2. The number of carbonyl (C=O) groups excluding carboxylic acids is 1. The molecule has 2 aromatic rings. The lowest BCUT2D eigenvalue weighted by Gasteiger charge is -2.44. The largest absolute Gasteiger partial charge is 0.435 e. The van der Waals surface area contributed by atoms with Gasteiger partial charge in [-0.2, -0.15) is 26.3 Å². The molecule has 2 atom stereocenters. The Bertz CT molecular complexity index is 1440. The molecule has 5 rings (SSSR count). The van der Waals surface area contributed by atoms with Crippen molar-refractivity contribution < 1.29 is 48.3 Å². The van der Waals surface area contributed by atoms with Crippen molar-refractivity contribution in [1.29, 1.82) is 0 Å². The van der Waals surface area contributed by atoms with Crippen LogP contribution in [0.4, 0.5) is 40.8 Å². The summed E-state index contributed by atoms with van der Waals surface area (Å²) in [5.41, 5.74) is -8.15. The van der Waals surface area contributed by atoms with E-state index in [1.54, 1.807) is 0 Å². The molecular weight excluding hydrogens is 584 g/mol. The maximum absolute atomic E-state index is 14.9. The second-order valence-corrected chi connectivity index (χ2v) is 13.0. The van der Waals surface area contributed by atoms with E-state index in [-0.39, 0.29) is 43.0 Å². The number of hydrogen-bond acceptors (Lipinski definition) is 4. The van der Waals surface area contributed by atoms with E-state index in [1.165, 1.54) is 4.90 Å². The molecule has 0 bridgehead atoms. The summed E-state index contributed by atoms with van der Waals surface area (Å²) in [5.74, 6) is -1.52. The summed E-state index contributed by atoms with van der Waals surface area (Å²) >= 11 is 0. The number of rotatable bonds is 4. The van der Waals surface area contributed by atoms with E-state index in [2.05, 4.69) is 5.32 Å². The van der Waals surface area contributed by atoms with Crippen molar-refractivity contribution in [3.05, 3.63) is 59.4 Å². The quantitative estimate of drug-likeness (QED) is 0.408. The van der Waals surface area contributed by atoms with Crippen molar-refractivity contribution in [1.82, 2.24) is 4.90 Å². The Morgan fingerprint density at radius 3 is 2.20 bits per heavy atom. The molecule has 1 N–H and O–H groups in total. The van der Waals surface area contributed by atoms with Crippen LogP contribution in [0.15, 0.2) is 47.4 Å². The molecule has 2 fully saturated rings. The maximum Gasteiger partial charge on any atom is 0.435 e. The van der Waals surface area contributed by atoms with Gasteiger partial charge in [0.1, 0.15) is 10.6 Å². The van der Waals surface area contributed by atoms with Crippen molar-refractivity contribution in [2.24, 2.45) is 5.92 Å². The SMILES string of the molecule is O=C(C1CCCCC1)N1CCC2(S(=O)(=O)c3cccc(F)c3)c3ccc(C(F)(C(F)(F)F)C(F)(F)F)cc3NCC12. The van der Waals surface area contributed by atoms with E-state index in [1.807, 2.05) is 0 Å². The van der Waals surface area contributed by atoms with Crippen molar-refractivity contribution in [2.75, 3.05) is 18.4 Å². The van der Waals surface area contributed by atoms with Crippen LogP contribution in [0.5, 0.6) is 0 Å². The molecule has 2 aromatic carbocycles. The minimum absolute atomic E-state index is 0.0600. The van der Waals surface area contributed by atoms with E-state index in [4.69, 9.17) is 0 Å². The number of fused-ring (bicyclic) bond motifs is 3. The highest BCUT2D eigenvalue weighted by atomic mass is 32.2. The predicted molar refractivity (Wildman–Crippen MR) is 132 cm³/mol. The lowest BCUT2D eigenvalue weighted by Crippen LogP contribution is -2.56. The Hall–Kier alpha value is -2.90. The zero-order valence-corrected chi connectivity index (χ0v) is 22.3. The molecule has 1 amide bonds. The summed E-state index contributed by atoms with van der Waals surface area (Å²) in [6.45, 7) is -0.406. The minimum atomic E-state index is -6.36. The number of anilines is 1. The highest BCUT2D eigenvalue weighted by Crippen LogP contribution is 2.57. The van der Waals surface area contributed by atoms with Gasteiger partial charge in [0.25, 0.3) is 0 Å². The number of amides is 1. The van der Waals surface area contributed by atoms with Crippen LogP contribution in [-0.2, 0) is 25.0 Å². The average molecular weight is 611 g/mol. The van der Waals surface area contributed by atoms with Crippen LogP contribution in [0.25, 0.3) is 0 Å². The van der Waals surface area contributed by atoms with E-state index in [0.29, 0.717) is 18.9 Å². The molecule has 0 spiro atoms. The Kier molecular flexibility index (Phi) is 7.10. The molecule has 5 nitrogen and oxygen atoms in total. The van der Waals surface area contributed by atoms with Crippen molar-refractivity contribution in [3.63, 3.8) is 0 Å². The van der Waals surface area contributed by atoms with Gasteiger partial charge >= 0.3 is 18.0 Å². The van der Waals surface area contributed by atoms with Gasteiger partial charge in [-0.15, -0.1) is 0 Å². The normalized spacial score (nSPS) is 24.0. The van der Waals surface area contributed by atoms with Gasteiger partial charge in [-0.1, -0.05) is 37.5 Å². The number of carbonyl (C=O) groups is 1. The molecule has 1 saturated heterocycles. The van der Waals surface area contributed by atoms with Gasteiger partial charge in [0.05, 0.1) is 10.9 Å². The second kappa shape index (κ2) is 9.84. The fraction of sp³-hybridized carbons (Fsp3) is 0.519. The van der Waals surface area contributed by atoms with Gasteiger partial charge in [-0.3, -0.25) is 4.79 Å². The highest BCUT2D eigenvalue weighted by Gasteiger charge is 2.74. The van der Waals surface area contributed by atoms with Crippen LogP contribution < -0.4 is 5.32 Å². The number of alkyl halides is 7. The minimum Gasteiger partial charge on any atom is -0.383 e. The number of sulfone groups is 1. The maximum atomic E-state index is 14.9. The summed E-state index contributed by atoms with van der Waals surface area (Å²) in [6, 6.07) is 4.29. The van der Waals surface area contributed by atoms with Crippen LogP contribution in [0.2, 0.25) is 0 Å². The van der Waals surface area contributed by atoms with E-state index < -0.39 is 60.6 Å². The lowest BCUT2D eigenvalue weighted by molar-refractivity contribution is -0.348. The van der Waals surface area contributed by atoms with Crippen LogP contribution in [0, 0.1) is 11.7 Å². The third kappa shape index (κ3) is 4.38. The lowest BCUT2D eigenvalue weighted by atomic mass is 9.83. The molecule has 1 saturated carbocycles. The predicted octanol–water partition coefficient (Wildman–Crippen LogP) is 6.39. The third-order valence-corrected chi connectivity index (χ3v) is 11.1. The molecule has 224 valence electrons. The molecule has 2 aliphatic heterocycles. The van der Waals surface area contributed by atoms with Gasteiger partial charge < -0.3 is 10.2 Å². The Morgan fingerprint density at radius 1 is 0.927 bits per heavy atom. The highest BCUT2D eigenvalue weighted by molar-refractivity contribution is 7.92. The fourth-order valence-corrected chi connectivity index (χ4v) is 8.91. The van der Waals surface area contributed by atoms with Crippen LogP contribution in [0.1, 0.15) is 49.7 Å². The molecular formula is C27H26F8N2O3S. The third-order valence-electron chi connectivity index (χ3n) is 8.60. The molecule has 1 aliphatic carbocycles. The zero-order valence-electron chi connectivity index (χ0n) is 21.5. The van der Waals surface area contributed by atoms with Gasteiger partial charge in [-0.05, 0) is 49.1 Å². The summed E-state index contributed by atoms with van der Waals surface area (Å²) in [6.07, 6.45) is -9.18. The topological polar surface area (TPSA) is 66.5 Å². The van der Waals surface area contributed by atoms with Crippen LogP contribution in [-0.4, -0.2) is 50.7 Å². The summed E-state index contributed by atoms with van der Waals surface area (Å²) in [5, 5.41) is 2.66. The van der Waals surface area contributed by atoms with Gasteiger partial charge in [0, 0.05) is 30.3 Å². The Balaban J connectivity index is 1.68. The first kappa shape index (κ1) is 29.6. The van der Waals surface area contributed by atoms with Crippen molar-refractivity contribution >= 4 is 21.4 Å². The Labute approximate surface area is 230 Å². The number of hydrogen-bond donors (Lipinski definition) is 1. The first-order valence-corrected chi connectivity index (χ1v) is 14.6. The molecule has 0 radical (unpaired) electrons. The monoisotopic (exact) mass is 610 g/mol. The first-order valence-electron chi connectivity index (χ1n) is 13.1. The number of halogens is 8. The van der Waals surface area contributed by atoms with E-state index >= 15 is 0 Å². The molecule has 3 aliphatic rings. The molecule has 0 aromatic heterocycles. The molecule has 41 heavy (non-hydrogen) atoms. The van der Waals surface area contributed by atoms with Gasteiger partial charge in [-0.25, -0.2) is 17.2 Å². The summed E-state index contributed by atoms with van der Waals surface area (Å²) < 4.78 is 136. The van der Waals surface area contributed by atoms with Gasteiger partial charge in [0.2, 0.25) is 5.91 Å². The van der Waals surface area contributed by atoms with Crippen molar-refractivity contribution in [2.45, 2.75) is 72.2 Å². The molecule has 2 heterocycles. The van der Waals surface area contributed by atoms with Crippen LogP contribution in [0.3, 0.4) is 0 Å². The smallest absolute Gasteiger partial charge is 0.383 e. The van der Waals surface area contributed by atoms with E-state index in [0.717, 1.165) is 49.6 Å². The number of nitrogens with one attached hydrogen (secondary N) is 1. The van der Waals surface area contributed by atoms with Crippen molar-refractivity contribution in [3.8, 4) is 0 Å². The summed E-state index contributed by atoms with van der Waals surface area (Å²) in [7, 11) is -4.61.